The van der Waals surface area contributed by atoms with Crippen LogP contribution in [0.3, 0.4) is 0 Å². The van der Waals surface area contributed by atoms with Gasteiger partial charge in [-0.3, -0.25) is 0 Å². The fourth-order valence-corrected chi connectivity index (χ4v) is 8.40. The Morgan fingerprint density at radius 1 is 1.23 bits per heavy atom. The molecule has 3 nitrogen and oxygen atoms in total. The largest absolute Gasteiger partial charge is 0.319 e. The number of benzene rings is 2. The van der Waals surface area contributed by atoms with E-state index >= 15 is 0 Å². The number of thiocarbonyl (C=S) groups is 1. The molecule has 2 heterocycles. The zero-order valence-corrected chi connectivity index (χ0v) is 14.5. The second kappa shape index (κ2) is 4.69. The second-order valence-electron chi connectivity index (χ2n) is 6.15. The molecule has 0 aliphatic carbocycles. The van der Waals surface area contributed by atoms with Gasteiger partial charge in [-0.25, -0.2) is 8.42 Å². The Kier molecular flexibility index (Phi) is 3.09. The van der Waals surface area contributed by atoms with Crippen molar-refractivity contribution in [2.75, 3.05) is 16.4 Å². The van der Waals surface area contributed by atoms with Crippen LogP contribution in [-0.2, 0) is 9.84 Å². The summed E-state index contributed by atoms with van der Waals surface area (Å²) in [4.78, 5) is 2.05. The molecule has 2 aliphatic rings. The van der Waals surface area contributed by atoms with Crippen molar-refractivity contribution in [1.29, 1.82) is 0 Å². The number of fused-ring (bicyclic) bond motifs is 2. The molecule has 0 bridgehead atoms. The Bertz CT molecular complexity index is 893. The van der Waals surface area contributed by atoms with E-state index < -0.39 is 15.4 Å². The van der Waals surface area contributed by atoms with E-state index in [2.05, 4.69) is 29.2 Å². The molecule has 2 fully saturated rings. The van der Waals surface area contributed by atoms with Crippen molar-refractivity contribution in [3.8, 4) is 0 Å². The average Bonchev–Trinajstić information content (AvgIpc) is 2.81. The van der Waals surface area contributed by atoms with Gasteiger partial charge in [0.15, 0.2) is 9.84 Å². The molecule has 6 heteroatoms. The lowest BCUT2D eigenvalue weighted by molar-refractivity contribution is 0.550. The molecule has 0 aromatic heterocycles. The Balaban J connectivity index is 1.84. The van der Waals surface area contributed by atoms with Crippen molar-refractivity contribution in [3.63, 3.8) is 0 Å². The third kappa shape index (κ3) is 2.08. The molecule has 0 amide bonds. The van der Waals surface area contributed by atoms with Gasteiger partial charge in [0.1, 0.15) is 4.32 Å². The van der Waals surface area contributed by atoms with E-state index in [4.69, 9.17) is 12.2 Å². The number of anilines is 1. The van der Waals surface area contributed by atoms with E-state index in [1.165, 1.54) is 17.1 Å². The van der Waals surface area contributed by atoms with Crippen LogP contribution in [-0.4, -0.2) is 35.0 Å². The summed E-state index contributed by atoms with van der Waals surface area (Å²) in [7, 11) is -2.99. The van der Waals surface area contributed by atoms with Crippen LogP contribution in [0.2, 0.25) is 0 Å². The fourth-order valence-electron chi connectivity index (χ4n) is 3.48. The lowest BCUT2D eigenvalue weighted by Gasteiger charge is -2.34. The molecule has 22 heavy (non-hydrogen) atoms. The van der Waals surface area contributed by atoms with Gasteiger partial charge in [0.05, 0.1) is 22.3 Å². The Morgan fingerprint density at radius 2 is 1.95 bits per heavy atom. The van der Waals surface area contributed by atoms with Crippen molar-refractivity contribution in [2.45, 2.75) is 17.7 Å². The highest BCUT2D eigenvalue weighted by Gasteiger charge is 2.57. The molecule has 0 radical (unpaired) electrons. The molecular formula is C16H15NO2S3. The van der Waals surface area contributed by atoms with Gasteiger partial charge in [-0.15, -0.1) is 0 Å². The zero-order valence-electron chi connectivity index (χ0n) is 12.0. The Hall–Kier alpha value is -1.11. The third-order valence-corrected chi connectivity index (χ3v) is 8.43. The first kappa shape index (κ1) is 14.5. The van der Waals surface area contributed by atoms with E-state index in [0.29, 0.717) is 0 Å². The van der Waals surface area contributed by atoms with Gasteiger partial charge in [0.2, 0.25) is 0 Å². The SMILES string of the molecule is C[C@@]12CS(=O)(=O)C[C@@H]1SC(=S)N2c1ccc2ccccc2c1. The van der Waals surface area contributed by atoms with E-state index in [1.54, 1.807) is 0 Å². The number of rotatable bonds is 1. The van der Waals surface area contributed by atoms with Crippen molar-refractivity contribution < 1.29 is 8.42 Å². The summed E-state index contributed by atoms with van der Waals surface area (Å²) in [5, 5.41) is 2.34. The summed E-state index contributed by atoms with van der Waals surface area (Å²) < 4.78 is 24.9. The third-order valence-electron chi connectivity index (χ3n) is 4.54. The average molecular weight is 350 g/mol. The van der Waals surface area contributed by atoms with Crippen LogP contribution in [0.25, 0.3) is 10.8 Å². The van der Waals surface area contributed by atoms with Crippen molar-refractivity contribution in [3.05, 3.63) is 42.5 Å². The second-order valence-corrected chi connectivity index (χ2v) is 10.1. The van der Waals surface area contributed by atoms with Gasteiger partial charge >= 0.3 is 0 Å². The summed E-state index contributed by atoms with van der Waals surface area (Å²) in [6, 6.07) is 14.4. The van der Waals surface area contributed by atoms with Gasteiger partial charge in [0.25, 0.3) is 0 Å². The van der Waals surface area contributed by atoms with Crippen molar-refractivity contribution in [1.82, 2.24) is 0 Å². The predicted molar refractivity (Wildman–Crippen MR) is 97.5 cm³/mol. The number of sulfone groups is 1. The minimum atomic E-state index is -2.99. The highest BCUT2D eigenvalue weighted by atomic mass is 32.2. The van der Waals surface area contributed by atoms with Crippen LogP contribution in [0.15, 0.2) is 42.5 Å². The van der Waals surface area contributed by atoms with E-state index in [9.17, 15) is 8.42 Å². The highest BCUT2D eigenvalue weighted by Crippen LogP contribution is 2.48. The monoisotopic (exact) mass is 349 g/mol. The number of hydrogen-bond donors (Lipinski definition) is 0. The lowest BCUT2D eigenvalue weighted by atomic mass is 9.98. The lowest BCUT2D eigenvalue weighted by Crippen LogP contribution is -2.49. The maximum absolute atomic E-state index is 12.1. The summed E-state index contributed by atoms with van der Waals surface area (Å²) in [5.74, 6) is 0.392. The maximum atomic E-state index is 12.1. The zero-order chi connectivity index (χ0) is 15.5. The van der Waals surface area contributed by atoms with E-state index in [0.717, 1.165) is 15.4 Å². The van der Waals surface area contributed by atoms with Gasteiger partial charge in [-0.05, 0) is 29.8 Å². The van der Waals surface area contributed by atoms with Crippen LogP contribution in [0.4, 0.5) is 5.69 Å². The normalized spacial score (nSPS) is 30.0. The molecule has 0 spiro atoms. The Morgan fingerprint density at radius 3 is 2.73 bits per heavy atom. The van der Waals surface area contributed by atoms with E-state index in [1.807, 2.05) is 25.1 Å². The van der Waals surface area contributed by atoms with Crippen LogP contribution in [0.5, 0.6) is 0 Å². The first-order valence-corrected chi connectivity index (χ1v) is 10.2. The molecule has 4 rings (SSSR count). The highest BCUT2D eigenvalue weighted by molar-refractivity contribution is 8.24. The molecule has 2 aliphatic heterocycles. The molecule has 2 saturated heterocycles. The van der Waals surface area contributed by atoms with Gasteiger partial charge < -0.3 is 4.90 Å². The molecule has 0 saturated carbocycles. The summed E-state index contributed by atoms with van der Waals surface area (Å²) in [6.07, 6.45) is 0. The summed E-state index contributed by atoms with van der Waals surface area (Å²) in [5.41, 5.74) is 0.543. The minimum absolute atomic E-state index is 0.0245. The first-order valence-electron chi connectivity index (χ1n) is 7.09. The first-order chi connectivity index (χ1) is 10.4. The number of nitrogens with zero attached hydrogens (tertiary/aromatic N) is 1. The number of thioether (sulfide) groups is 1. The van der Waals surface area contributed by atoms with Crippen LogP contribution >= 0.6 is 24.0 Å². The fraction of sp³-hybridized carbons (Fsp3) is 0.312. The predicted octanol–water partition coefficient (Wildman–Crippen LogP) is 3.23. The van der Waals surface area contributed by atoms with Crippen molar-refractivity contribution in [2.24, 2.45) is 0 Å². The molecule has 114 valence electrons. The molecular weight excluding hydrogens is 334 g/mol. The molecule has 2 aromatic rings. The van der Waals surface area contributed by atoms with Crippen LogP contribution < -0.4 is 4.90 Å². The maximum Gasteiger partial charge on any atom is 0.153 e. The smallest absolute Gasteiger partial charge is 0.153 e. The summed E-state index contributed by atoms with van der Waals surface area (Å²) in [6.45, 7) is 2.02. The molecule has 2 atom stereocenters. The summed E-state index contributed by atoms with van der Waals surface area (Å²) >= 11 is 7.06. The van der Waals surface area contributed by atoms with Crippen LogP contribution in [0, 0.1) is 0 Å². The number of hydrogen-bond acceptors (Lipinski definition) is 4. The van der Waals surface area contributed by atoms with E-state index in [-0.39, 0.29) is 16.8 Å². The topological polar surface area (TPSA) is 37.4 Å². The van der Waals surface area contributed by atoms with Crippen LogP contribution in [0.1, 0.15) is 6.92 Å². The van der Waals surface area contributed by atoms with Crippen molar-refractivity contribution >= 4 is 54.6 Å². The van der Waals surface area contributed by atoms with Gasteiger partial charge in [0, 0.05) is 5.69 Å². The molecule has 2 aromatic carbocycles. The molecule has 0 unspecified atom stereocenters. The molecule has 0 N–H and O–H groups in total. The quantitative estimate of drug-likeness (QED) is 0.739. The van der Waals surface area contributed by atoms with Gasteiger partial charge in [-0.1, -0.05) is 54.3 Å². The van der Waals surface area contributed by atoms with Gasteiger partial charge in [-0.2, -0.15) is 0 Å². The minimum Gasteiger partial charge on any atom is -0.319 e. The standard InChI is InChI=1S/C16H15NO2S3/c1-16-10-22(18,19)9-14(16)21-15(20)17(16)13-7-6-11-4-2-3-5-12(11)8-13/h2-8,14H,9-10H2,1H3/t14-,16+/m0/s1. The Labute approximate surface area is 139 Å².